The second-order valence-corrected chi connectivity index (χ2v) is 24.7. The number of hydrogen-bond acceptors (Lipinski definition) is 4. The standard InChI is InChI=1S/C76H69N4O.Pt/c1-73(2,3)55-24-18-23-53(43-55)50-33-35-52(36-34-50)59-28-20-29-60(54-37-40-64-66(44-54)76(9,10)42-41-75(64,7)8)72(59)79-49-78(68-31-16-17-32-69(68)79)56-25-19-26-57(45-56)81-58-38-39-62-61-27-14-15-30-67(61)80(70(62)46-58)71-47-65(74(4,5)6)63(48-77-71)51-21-12-11-13-22-51;/h11-40,43-44,47-49H,41-42H2,1-10H3;/q-3;/i14D,15D,18D,23D,24D,27D,30D,33D,34D,35D,36D,43D;. The van der Waals surface area contributed by atoms with E-state index >= 15 is 0 Å². The number of pyridine rings is 1. The molecule has 0 bridgehead atoms. The summed E-state index contributed by atoms with van der Waals surface area (Å²) in [5.41, 5.74) is 8.92. The number of nitrogens with zero attached hydrogens (tertiary/aromatic N) is 4. The van der Waals surface area contributed by atoms with Gasteiger partial charge in [0, 0.05) is 78.0 Å². The van der Waals surface area contributed by atoms with E-state index in [4.69, 9.17) is 16.6 Å². The van der Waals surface area contributed by atoms with Gasteiger partial charge in [0.25, 0.3) is 0 Å². The molecule has 0 fully saturated rings. The number of benzene rings is 9. The topological polar surface area (TPSA) is 33.5 Å². The van der Waals surface area contributed by atoms with E-state index < -0.39 is 41.7 Å². The van der Waals surface area contributed by atoms with Crippen molar-refractivity contribution < 1.29 is 42.3 Å². The normalized spacial score (nSPS) is 16.7. The first-order valence-electron chi connectivity index (χ1n) is 33.7. The Kier molecular flexibility index (Phi) is 10.6. The van der Waals surface area contributed by atoms with Gasteiger partial charge in [0.15, 0.2) is 0 Å². The van der Waals surface area contributed by atoms with E-state index in [2.05, 4.69) is 78.8 Å². The zero-order valence-electron chi connectivity index (χ0n) is 59.7. The predicted molar refractivity (Wildman–Crippen MR) is 339 cm³/mol. The first-order valence-corrected chi connectivity index (χ1v) is 27.7. The third-order valence-electron chi connectivity index (χ3n) is 16.1. The molecule has 0 radical (unpaired) electrons. The summed E-state index contributed by atoms with van der Waals surface area (Å²) in [5, 5.41) is 0.856. The number of rotatable bonds is 9. The Hall–Kier alpha value is -7.98. The minimum absolute atomic E-state index is 0. The summed E-state index contributed by atoms with van der Waals surface area (Å²) in [6.45, 7) is 22.8. The number of ether oxygens (including phenoxy) is 1. The van der Waals surface area contributed by atoms with Crippen LogP contribution in [-0.4, -0.2) is 9.55 Å². The maximum Gasteiger partial charge on any atom is 0.135 e. The fraction of sp³-hybridized carbons (Fsp3) is 0.211. The van der Waals surface area contributed by atoms with Crippen LogP contribution in [0, 0.1) is 18.8 Å². The summed E-state index contributed by atoms with van der Waals surface area (Å²) in [4.78, 5) is 8.98. The van der Waals surface area contributed by atoms with Gasteiger partial charge >= 0.3 is 0 Å². The zero-order valence-corrected chi connectivity index (χ0v) is 50.0. The second-order valence-electron chi connectivity index (χ2n) is 24.7. The first kappa shape index (κ1) is 41.9. The molecule has 11 aromatic rings. The van der Waals surface area contributed by atoms with Crippen molar-refractivity contribution in [3.8, 4) is 61.8 Å². The van der Waals surface area contributed by atoms with Crippen LogP contribution in [0.4, 0.5) is 22.7 Å². The van der Waals surface area contributed by atoms with Crippen LogP contribution in [0.2, 0.25) is 0 Å². The summed E-state index contributed by atoms with van der Waals surface area (Å²) in [5.74, 6) is 1.04. The largest absolute Gasteiger partial charge is 0.509 e. The van der Waals surface area contributed by atoms with Crippen molar-refractivity contribution in [1.82, 2.24) is 9.55 Å². The Labute approximate surface area is 516 Å². The SMILES string of the molecule is [2H]c1c([2H])c(-c2c([2H])c([2H])c(-c3cccc(-c4ccc5c(c4)C(C)(C)CCC5(C)C)c3N3[CH-]N(c4[c-]c(Oc5[c-]c6c(cc5)c5c([2H])c([2H])c([2H])c([2H])c5n6-c5cc(C(C)(C)C)c(-c6ccccc6)cn5)ccc4)c4ccccc43)c([2H])c2[2H])c([2H])c(C(C)(C)C)c1[2H].[Pt]. The Morgan fingerprint density at radius 3 is 1.96 bits per heavy atom. The smallest absolute Gasteiger partial charge is 0.135 e. The van der Waals surface area contributed by atoms with Crippen molar-refractivity contribution >= 4 is 44.6 Å². The number of fused-ring (bicyclic) bond motifs is 5. The molecule has 13 rings (SSSR count). The van der Waals surface area contributed by atoms with Gasteiger partial charge in [-0.2, -0.15) is 12.1 Å². The van der Waals surface area contributed by atoms with Gasteiger partial charge in [-0.1, -0.05) is 220 Å². The van der Waals surface area contributed by atoms with Crippen molar-refractivity contribution in [3.63, 3.8) is 0 Å². The Morgan fingerprint density at radius 2 is 1.22 bits per heavy atom. The molecule has 9 aromatic carbocycles. The monoisotopic (exact) mass is 1260 g/mol. The molecule has 82 heavy (non-hydrogen) atoms. The minimum Gasteiger partial charge on any atom is -0.509 e. The van der Waals surface area contributed by atoms with Gasteiger partial charge in [-0.15, -0.1) is 48.1 Å². The molecule has 5 nitrogen and oxygen atoms in total. The van der Waals surface area contributed by atoms with E-state index in [1.165, 1.54) is 11.1 Å². The molecule has 0 amide bonds. The molecule has 0 saturated heterocycles. The molecular formula is C76H69N4OPt-3. The van der Waals surface area contributed by atoms with E-state index in [1.807, 2.05) is 108 Å². The minimum atomic E-state index is -0.820. The van der Waals surface area contributed by atoms with Crippen LogP contribution < -0.4 is 14.5 Å². The fourth-order valence-corrected chi connectivity index (χ4v) is 11.6. The van der Waals surface area contributed by atoms with E-state index in [0.29, 0.717) is 44.8 Å². The van der Waals surface area contributed by atoms with E-state index in [0.717, 1.165) is 52.0 Å². The van der Waals surface area contributed by atoms with Crippen LogP contribution in [0.5, 0.6) is 11.5 Å². The summed E-state index contributed by atoms with van der Waals surface area (Å²) in [7, 11) is 0. The molecule has 6 heteroatoms. The summed E-state index contributed by atoms with van der Waals surface area (Å²) < 4.78 is 120. The van der Waals surface area contributed by atoms with Gasteiger partial charge in [-0.3, -0.25) is 0 Å². The number of para-hydroxylation sites is 4. The molecule has 0 atom stereocenters. The van der Waals surface area contributed by atoms with Gasteiger partial charge in [0.1, 0.15) is 5.82 Å². The summed E-state index contributed by atoms with van der Waals surface area (Å²) in [6.07, 6.45) is 3.81. The van der Waals surface area contributed by atoms with Crippen LogP contribution in [-0.2, 0) is 42.7 Å². The van der Waals surface area contributed by atoms with Crippen molar-refractivity contribution in [2.75, 3.05) is 9.80 Å². The Balaban J connectivity index is 0.00000848. The summed E-state index contributed by atoms with van der Waals surface area (Å²) in [6, 6.07) is 43.6. The zero-order chi connectivity index (χ0) is 66.4. The number of anilines is 4. The van der Waals surface area contributed by atoms with Crippen LogP contribution in [0.3, 0.4) is 0 Å². The molecule has 0 N–H and O–H groups in total. The molecule has 2 aromatic heterocycles. The molecule has 1 aliphatic heterocycles. The maximum absolute atomic E-state index is 9.91. The van der Waals surface area contributed by atoms with Crippen LogP contribution in [0.15, 0.2) is 206 Å². The van der Waals surface area contributed by atoms with E-state index in [1.54, 1.807) is 49.6 Å². The predicted octanol–water partition coefficient (Wildman–Crippen LogP) is 20.6. The molecular weight excluding hydrogens is 1180 g/mol. The molecule has 2 aliphatic rings. The van der Waals surface area contributed by atoms with Crippen molar-refractivity contribution in [2.45, 2.75) is 104 Å². The molecule has 0 spiro atoms. The third kappa shape index (κ3) is 9.85. The van der Waals surface area contributed by atoms with Crippen molar-refractivity contribution in [1.29, 1.82) is 0 Å². The number of hydrogen-bond donors (Lipinski definition) is 0. The molecule has 1 aliphatic carbocycles. The second kappa shape index (κ2) is 20.8. The Bertz CT molecular complexity index is 4920. The van der Waals surface area contributed by atoms with Gasteiger partial charge in [0.05, 0.1) is 16.4 Å². The van der Waals surface area contributed by atoms with Gasteiger partial charge in [-0.05, 0) is 114 Å². The molecule has 0 unspecified atom stereocenters. The van der Waals surface area contributed by atoms with E-state index in [-0.39, 0.29) is 107 Å². The average molecular weight is 1260 g/mol. The van der Waals surface area contributed by atoms with Gasteiger partial charge < -0.3 is 19.1 Å². The molecule has 0 saturated carbocycles. The molecule has 3 heterocycles. The fourth-order valence-electron chi connectivity index (χ4n) is 11.6. The van der Waals surface area contributed by atoms with Gasteiger partial charge in [-0.25, -0.2) is 4.98 Å². The van der Waals surface area contributed by atoms with E-state index in [9.17, 15) is 9.60 Å². The van der Waals surface area contributed by atoms with Gasteiger partial charge in [0.2, 0.25) is 0 Å². The van der Waals surface area contributed by atoms with Crippen LogP contribution >= 0.6 is 0 Å². The third-order valence-corrected chi connectivity index (χ3v) is 16.1. The molecule has 412 valence electrons. The summed E-state index contributed by atoms with van der Waals surface area (Å²) >= 11 is 0. The number of aromatic nitrogens is 2. The maximum atomic E-state index is 9.91. The van der Waals surface area contributed by atoms with Crippen molar-refractivity contribution in [2.24, 2.45) is 0 Å². The average Bonchev–Trinajstić information content (AvgIpc) is 1.37. The van der Waals surface area contributed by atoms with Crippen LogP contribution in [0.25, 0.3) is 72.1 Å². The first-order chi connectivity index (χ1) is 43.9. The Morgan fingerprint density at radius 1 is 0.549 bits per heavy atom. The quantitative estimate of drug-likeness (QED) is 0.135. The van der Waals surface area contributed by atoms with Crippen LogP contribution in [0.1, 0.15) is 121 Å². The van der Waals surface area contributed by atoms with Crippen molar-refractivity contribution in [3.05, 3.63) is 247 Å².